The molecular weight excluding hydrogens is 272 g/mol. The number of carbonyl (C=O) groups excluding carboxylic acids is 2. The van der Waals surface area contributed by atoms with Crippen LogP contribution in [0.3, 0.4) is 0 Å². The van der Waals surface area contributed by atoms with Crippen molar-refractivity contribution in [2.24, 2.45) is 0 Å². The SMILES string of the molecule is CCCCNC1=C(Cl)C(=O)C(Cl)=C(Cl)C1=O. The van der Waals surface area contributed by atoms with E-state index in [0.717, 1.165) is 12.8 Å². The van der Waals surface area contributed by atoms with Crippen LogP contribution in [0.2, 0.25) is 0 Å². The van der Waals surface area contributed by atoms with Gasteiger partial charge in [0, 0.05) is 6.54 Å². The summed E-state index contributed by atoms with van der Waals surface area (Å²) in [6, 6.07) is 0. The van der Waals surface area contributed by atoms with Gasteiger partial charge in [0.05, 0.1) is 0 Å². The van der Waals surface area contributed by atoms with Crippen LogP contribution in [0.1, 0.15) is 19.8 Å². The zero-order valence-corrected chi connectivity index (χ0v) is 10.8. The lowest BCUT2D eigenvalue weighted by Gasteiger charge is -2.15. The molecule has 0 atom stereocenters. The van der Waals surface area contributed by atoms with E-state index in [4.69, 9.17) is 34.8 Å². The third-order valence-electron chi connectivity index (χ3n) is 2.07. The van der Waals surface area contributed by atoms with E-state index in [9.17, 15) is 9.59 Å². The Bertz CT molecular complexity index is 399. The van der Waals surface area contributed by atoms with Gasteiger partial charge in [-0.25, -0.2) is 0 Å². The molecule has 1 N–H and O–H groups in total. The van der Waals surface area contributed by atoms with Crippen molar-refractivity contribution in [3.05, 3.63) is 20.8 Å². The Kier molecular flexibility index (Phi) is 4.84. The maximum atomic E-state index is 11.7. The van der Waals surface area contributed by atoms with E-state index in [1.54, 1.807) is 0 Å². The number of halogens is 3. The van der Waals surface area contributed by atoms with Gasteiger partial charge in [0.1, 0.15) is 20.8 Å². The first-order chi connectivity index (χ1) is 7.50. The molecule has 16 heavy (non-hydrogen) atoms. The third-order valence-corrected chi connectivity index (χ3v) is 3.25. The quantitative estimate of drug-likeness (QED) is 0.637. The minimum Gasteiger partial charge on any atom is -0.381 e. The number of rotatable bonds is 4. The molecule has 0 saturated carbocycles. The summed E-state index contributed by atoms with van der Waals surface area (Å²) >= 11 is 16.9. The monoisotopic (exact) mass is 281 g/mol. The van der Waals surface area contributed by atoms with Crippen LogP contribution in [0.25, 0.3) is 0 Å². The molecule has 1 aliphatic carbocycles. The van der Waals surface area contributed by atoms with Crippen molar-refractivity contribution in [1.82, 2.24) is 5.32 Å². The molecule has 0 heterocycles. The van der Waals surface area contributed by atoms with Gasteiger partial charge in [0.15, 0.2) is 0 Å². The lowest BCUT2D eigenvalue weighted by atomic mass is 10.1. The lowest BCUT2D eigenvalue weighted by Crippen LogP contribution is -2.28. The molecule has 0 fully saturated rings. The summed E-state index contributed by atoms with van der Waals surface area (Å²) in [4.78, 5) is 23.1. The van der Waals surface area contributed by atoms with E-state index in [2.05, 4.69) is 5.32 Å². The van der Waals surface area contributed by atoms with E-state index >= 15 is 0 Å². The average Bonchev–Trinajstić information content (AvgIpc) is 2.28. The van der Waals surface area contributed by atoms with Gasteiger partial charge >= 0.3 is 0 Å². The van der Waals surface area contributed by atoms with Gasteiger partial charge < -0.3 is 5.32 Å². The predicted molar refractivity (Wildman–Crippen MR) is 64.5 cm³/mol. The van der Waals surface area contributed by atoms with Crippen LogP contribution in [0, 0.1) is 0 Å². The Morgan fingerprint density at radius 1 is 1.00 bits per heavy atom. The molecule has 0 aliphatic heterocycles. The molecule has 3 nitrogen and oxygen atoms in total. The molecular formula is C10H10Cl3NO2. The number of unbranched alkanes of at least 4 members (excludes halogenated alkanes) is 1. The van der Waals surface area contributed by atoms with E-state index in [1.807, 2.05) is 6.92 Å². The van der Waals surface area contributed by atoms with Crippen molar-refractivity contribution in [1.29, 1.82) is 0 Å². The number of allylic oxidation sites excluding steroid dienone is 3. The summed E-state index contributed by atoms with van der Waals surface area (Å²) in [5, 5.41) is 2.00. The molecule has 0 saturated heterocycles. The van der Waals surface area contributed by atoms with Gasteiger partial charge in [-0.1, -0.05) is 48.1 Å². The summed E-state index contributed by atoms with van der Waals surface area (Å²) in [7, 11) is 0. The molecule has 88 valence electrons. The van der Waals surface area contributed by atoms with Crippen molar-refractivity contribution in [3.63, 3.8) is 0 Å². The minimum absolute atomic E-state index is 0.0366. The van der Waals surface area contributed by atoms with Crippen LogP contribution in [0.4, 0.5) is 0 Å². The highest BCUT2D eigenvalue weighted by Gasteiger charge is 2.32. The van der Waals surface area contributed by atoms with Gasteiger partial charge in [0.25, 0.3) is 0 Å². The molecule has 0 bridgehead atoms. The second-order valence-electron chi connectivity index (χ2n) is 3.26. The molecule has 1 rings (SSSR count). The molecule has 0 unspecified atom stereocenters. The fourth-order valence-corrected chi connectivity index (χ4v) is 1.82. The van der Waals surface area contributed by atoms with Gasteiger partial charge in [0.2, 0.25) is 11.6 Å². The zero-order chi connectivity index (χ0) is 12.3. The van der Waals surface area contributed by atoms with Gasteiger partial charge in [-0.2, -0.15) is 0 Å². The normalized spacial score (nSPS) is 17.2. The number of ketones is 2. The summed E-state index contributed by atoms with van der Waals surface area (Å²) in [5.41, 5.74) is 0.0366. The van der Waals surface area contributed by atoms with E-state index in [1.165, 1.54) is 0 Å². The van der Waals surface area contributed by atoms with Gasteiger partial charge in [-0.05, 0) is 6.42 Å². The van der Waals surface area contributed by atoms with Crippen LogP contribution in [-0.2, 0) is 9.59 Å². The molecule has 0 amide bonds. The van der Waals surface area contributed by atoms with Crippen LogP contribution in [-0.4, -0.2) is 18.1 Å². The summed E-state index contributed by atoms with van der Waals surface area (Å²) in [6.45, 7) is 2.57. The van der Waals surface area contributed by atoms with Crippen molar-refractivity contribution < 1.29 is 9.59 Å². The first-order valence-electron chi connectivity index (χ1n) is 4.79. The van der Waals surface area contributed by atoms with Gasteiger partial charge in [-0.15, -0.1) is 0 Å². The Labute approximate surface area is 108 Å². The van der Waals surface area contributed by atoms with Crippen molar-refractivity contribution in [3.8, 4) is 0 Å². The third kappa shape index (κ3) is 2.59. The Hall–Kier alpha value is -0.510. The smallest absolute Gasteiger partial charge is 0.223 e. The first-order valence-corrected chi connectivity index (χ1v) is 5.92. The fourth-order valence-electron chi connectivity index (χ4n) is 1.17. The summed E-state index contributed by atoms with van der Waals surface area (Å²) in [6.07, 6.45) is 1.83. The number of hydrogen-bond donors (Lipinski definition) is 1. The van der Waals surface area contributed by atoms with Crippen LogP contribution in [0.5, 0.6) is 0 Å². The number of nitrogens with one attached hydrogen (secondary N) is 1. The van der Waals surface area contributed by atoms with E-state index in [0.29, 0.717) is 6.54 Å². The van der Waals surface area contributed by atoms with Crippen LogP contribution in [0.15, 0.2) is 20.8 Å². The highest BCUT2D eigenvalue weighted by molar-refractivity contribution is 6.64. The van der Waals surface area contributed by atoms with Gasteiger partial charge in [-0.3, -0.25) is 9.59 Å². The Morgan fingerprint density at radius 3 is 2.12 bits per heavy atom. The molecule has 1 aliphatic rings. The predicted octanol–water partition coefficient (Wildman–Crippen LogP) is 2.67. The topological polar surface area (TPSA) is 46.2 Å². The largest absolute Gasteiger partial charge is 0.381 e. The maximum Gasteiger partial charge on any atom is 0.223 e. The molecule has 0 aromatic heterocycles. The first kappa shape index (κ1) is 13.6. The van der Waals surface area contributed by atoms with E-state index < -0.39 is 11.6 Å². The maximum absolute atomic E-state index is 11.7. The van der Waals surface area contributed by atoms with E-state index in [-0.39, 0.29) is 20.8 Å². The number of Topliss-reactive ketones (excluding diaryl/α,β-unsaturated/α-hetero) is 2. The molecule has 6 heteroatoms. The van der Waals surface area contributed by atoms with Crippen LogP contribution >= 0.6 is 34.8 Å². The summed E-state index contributed by atoms with van der Waals surface area (Å²) in [5.74, 6) is -1.15. The Balaban J connectivity index is 2.91. The number of carbonyl (C=O) groups is 2. The second kappa shape index (κ2) is 5.71. The fraction of sp³-hybridized carbons (Fsp3) is 0.400. The lowest BCUT2D eigenvalue weighted by molar-refractivity contribution is -0.115. The van der Waals surface area contributed by atoms with Crippen LogP contribution < -0.4 is 5.32 Å². The average molecular weight is 283 g/mol. The zero-order valence-electron chi connectivity index (χ0n) is 8.57. The van der Waals surface area contributed by atoms with Crippen molar-refractivity contribution in [2.75, 3.05) is 6.54 Å². The molecule has 0 aromatic carbocycles. The minimum atomic E-state index is -0.619. The molecule has 0 radical (unpaired) electrons. The number of hydrogen-bond acceptors (Lipinski definition) is 3. The second-order valence-corrected chi connectivity index (χ2v) is 4.39. The molecule has 0 aromatic rings. The standard InChI is InChI=1S/C10H10Cl3NO2/c1-2-3-4-14-8-7(13)9(15)5(11)6(12)10(8)16/h14H,2-4H2,1H3. The van der Waals surface area contributed by atoms with Crippen molar-refractivity contribution >= 4 is 46.4 Å². The Morgan fingerprint density at radius 2 is 1.56 bits per heavy atom. The highest BCUT2D eigenvalue weighted by atomic mass is 35.5. The van der Waals surface area contributed by atoms with Crippen molar-refractivity contribution in [2.45, 2.75) is 19.8 Å². The molecule has 0 spiro atoms. The summed E-state index contributed by atoms with van der Waals surface area (Å²) < 4.78 is 0. The highest BCUT2D eigenvalue weighted by Crippen LogP contribution is 2.30.